The molecular weight excluding hydrogens is 318 g/mol. The van der Waals surface area contributed by atoms with E-state index in [2.05, 4.69) is 32.7 Å². The maximum absolute atomic E-state index is 12.0. The lowest BCUT2D eigenvalue weighted by atomic mass is 10.1. The molecule has 1 aliphatic rings. The smallest absolute Gasteiger partial charge is 0.261 e. The molecule has 2 aromatic rings. The summed E-state index contributed by atoms with van der Waals surface area (Å²) < 4.78 is 2.42. The summed E-state index contributed by atoms with van der Waals surface area (Å²) in [5, 5.41) is 6.10. The first-order valence-corrected chi connectivity index (χ1v) is 8.35. The monoisotopic (exact) mass is 329 g/mol. The van der Waals surface area contributed by atoms with Gasteiger partial charge in [0, 0.05) is 21.3 Å². The Balaban J connectivity index is 1.68. The highest BCUT2D eigenvalue weighted by Gasteiger charge is 2.41. The quantitative estimate of drug-likeness (QED) is 0.847. The van der Waals surface area contributed by atoms with Crippen LogP contribution in [0.4, 0.5) is 0 Å². The summed E-state index contributed by atoms with van der Waals surface area (Å²) in [4.78, 5) is 12.8. The molecule has 0 atom stereocenters. The van der Waals surface area contributed by atoms with Crippen LogP contribution in [0, 0.1) is 5.41 Å². The second kappa shape index (κ2) is 4.37. The van der Waals surface area contributed by atoms with Gasteiger partial charge in [-0.25, -0.2) is 0 Å². The molecule has 2 nitrogen and oxygen atoms in total. The largest absolute Gasteiger partial charge is 0.351 e. The summed E-state index contributed by atoms with van der Waals surface area (Å²) in [6.07, 6.45) is 2.44. The Morgan fingerprint density at radius 3 is 2.94 bits per heavy atom. The summed E-state index contributed by atoms with van der Waals surface area (Å²) in [6, 6.07) is 4.07. The Labute approximate surface area is 116 Å². The first-order valence-electron chi connectivity index (χ1n) is 5.54. The third kappa shape index (κ3) is 2.28. The summed E-state index contributed by atoms with van der Waals surface area (Å²) in [6.45, 7) is 0.794. The van der Waals surface area contributed by atoms with E-state index >= 15 is 0 Å². The highest BCUT2D eigenvalue weighted by molar-refractivity contribution is 9.09. The zero-order valence-corrected chi connectivity index (χ0v) is 12.4. The Morgan fingerprint density at radius 2 is 2.29 bits per heavy atom. The molecule has 1 aliphatic carbocycles. The van der Waals surface area contributed by atoms with Gasteiger partial charge in [0.25, 0.3) is 5.91 Å². The van der Waals surface area contributed by atoms with Crippen molar-refractivity contribution in [3.8, 4) is 0 Å². The second-order valence-electron chi connectivity index (χ2n) is 4.58. The normalized spacial score (nSPS) is 17.2. The van der Waals surface area contributed by atoms with Gasteiger partial charge in [-0.05, 0) is 35.8 Å². The predicted octanol–water partition coefficient (Wildman–Crippen LogP) is 3.87. The SMILES string of the molecule is O=C(NCC1(CBr)CC1)c1cc2sccc2s1. The number of rotatable bonds is 4. The number of thiophene rings is 2. The maximum Gasteiger partial charge on any atom is 0.261 e. The molecule has 0 spiro atoms. The molecule has 5 heteroatoms. The van der Waals surface area contributed by atoms with Crippen LogP contribution >= 0.6 is 38.6 Å². The van der Waals surface area contributed by atoms with Crippen molar-refractivity contribution in [1.29, 1.82) is 0 Å². The van der Waals surface area contributed by atoms with Crippen molar-refractivity contribution < 1.29 is 4.79 Å². The average molecular weight is 330 g/mol. The summed E-state index contributed by atoms with van der Waals surface area (Å²) >= 11 is 6.78. The van der Waals surface area contributed by atoms with Crippen molar-refractivity contribution in [3.05, 3.63) is 22.4 Å². The maximum atomic E-state index is 12.0. The molecule has 0 saturated heterocycles. The third-order valence-corrected chi connectivity index (χ3v) is 6.51. The van der Waals surface area contributed by atoms with Crippen LogP contribution in [0.25, 0.3) is 9.40 Å². The molecule has 0 aliphatic heterocycles. The van der Waals surface area contributed by atoms with Crippen molar-refractivity contribution >= 4 is 53.9 Å². The summed E-state index contributed by atoms with van der Waals surface area (Å²) in [7, 11) is 0. The molecule has 0 unspecified atom stereocenters. The molecule has 0 radical (unpaired) electrons. The van der Waals surface area contributed by atoms with Crippen LogP contribution in [-0.4, -0.2) is 17.8 Å². The number of alkyl halides is 1. The predicted molar refractivity (Wildman–Crippen MR) is 77.5 cm³/mol. The number of nitrogens with one attached hydrogen (secondary N) is 1. The first kappa shape index (κ1) is 11.7. The fourth-order valence-electron chi connectivity index (χ4n) is 1.77. The number of carbonyl (C=O) groups is 1. The van der Waals surface area contributed by atoms with Gasteiger partial charge in [-0.1, -0.05) is 15.9 Å². The second-order valence-corrected chi connectivity index (χ2v) is 7.17. The van der Waals surface area contributed by atoms with Crippen LogP contribution in [0.1, 0.15) is 22.5 Å². The number of halogens is 1. The Hall–Kier alpha value is -0.390. The minimum absolute atomic E-state index is 0.0747. The molecule has 3 rings (SSSR count). The van der Waals surface area contributed by atoms with Crippen LogP contribution in [0.3, 0.4) is 0 Å². The molecule has 0 aromatic carbocycles. The molecule has 90 valence electrons. The number of hydrogen-bond donors (Lipinski definition) is 1. The van der Waals surface area contributed by atoms with Crippen molar-refractivity contribution in [2.45, 2.75) is 12.8 Å². The fourth-order valence-corrected chi connectivity index (χ4v) is 4.55. The first-order chi connectivity index (χ1) is 8.22. The number of fused-ring (bicyclic) bond motifs is 1. The molecule has 2 aromatic heterocycles. The molecule has 1 N–H and O–H groups in total. The molecule has 1 saturated carbocycles. The van der Waals surface area contributed by atoms with E-state index in [1.54, 1.807) is 22.7 Å². The highest BCUT2D eigenvalue weighted by Crippen LogP contribution is 2.46. The molecule has 1 amide bonds. The van der Waals surface area contributed by atoms with Gasteiger partial charge in [0.05, 0.1) is 4.88 Å². The Bertz CT molecular complexity index is 527. The van der Waals surface area contributed by atoms with Crippen LogP contribution in [0.5, 0.6) is 0 Å². The van der Waals surface area contributed by atoms with E-state index in [-0.39, 0.29) is 5.91 Å². The lowest BCUT2D eigenvalue weighted by Gasteiger charge is -2.11. The van der Waals surface area contributed by atoms with Crippen molar-refractivity contribution in [3.63, 3.8) is 0 Å². The van der Waals surface area contributed by atoms with Crippen LogP contribution in [0.2, 0.25) is 0 Å². The molecular formula is C12H12BrNOS2. The van der Waals surface area contributed by atoms with Gasteiger partial charge in [0.2, 0.25) is 0 Å². The van der Waals surface area contributed by atoms with Gasteiger partial charge in [-0.3, -0.25) is 4.79 Å². The van der Waals surface area contributed by atoms with E-state index < -0.39 is 0 Å². The number of hydrogen-bond acceptors (Lipinski definition) is 3. The van der Waals surface area contributed by atoms with Crippen molar-refractivity contribution in [2.75, 3.05) is 11.9 Å². The summed E-state index contributed by atoms with van der Waals surface area (Å²) in [5.74, 6) is 0.0747. The molecule has 17 heavy (non-hydrogen) atoms. The van der Waals surface area contributed by atoms with E-state index in [0.29, 0.717) is 5.41 Å². The zero-order chi connectivity index (χ0) is 11.9. The van der Waals surface area contributed by atoms with Crippen LogP contribution in [0.15, 0.2) is 17.5 Å². The van der Waals surface area contributed by atoms with Crippen LogP contribution in [-0.2, 0) is 0 Å². The van der Waals surface area contributed by atoms with E-state index in [1.807, 2.05) is 6.07 Å². The Morgan fingerprint density at radius 1 is 1.47 bits per heavy atom. The zero-order valence-electron chi connectivity index (χ0n) is 9.16. The lowest BCUT2D eigenvalue weighted by Crippen LogP contribution is -2.30. The fraction of sp³-hybridized carbons (Fsp3) is 0.417. The van der Waals surface area contributed by atoms with Gasteiger partial charge in [-0.2, -0.15) is 0 Å². The van der Waals surface area contributed by atoms with Gasteiger partial charge in [-0.15, -0.1) is 22.7 Å². The molecule has 2 heterocycles. The number of amides is 1. The molecule has 1 fully saturated rings. The summed E-state index contributed by atoms with van der Waals surface area (Å²) in [5.41, 5.74) is 0.338. The minimum atomic E-state index is 0.0747. The van der Waals surface area contributed by atoms with E-state index in [1.165, 1.54) is 22.2 Å². The Kier molecular flexibility index (Phi) is 3.00. The van der Waals surface area contributed by atoms with Crippen molar-refractivity contribution in [1.82, 2.24) is 5.32 Å². The topological polar surface area (TPSA) is 29.1 Å². The number of carbonyl (C=O) groups excluding carboxylic acids is 1. The standard InChI is InChI=1S/C12H12BrNOS2/c13-6-12(2-3-12)7-14-11(15)10-5-9-8(17-10)1-4-16-9/h1,4-5H,2-3,6-7H2,(H,14,15). The van der Waals surface area contributed by atoms with Gasteiger partial charge in [0.1, 0.15) is 0 Å². The van der Waals surface area contributed by atoms with E-state index in [9.17, 15) is 4.79 Å². The minimum Gasteiger partial charge on any atom is -0.351 e. The highest BCUT2D eigenvalue weighted by atomic mass is 79.9. The van der Waals surface area contributed by atoms with E-state index in [4.69, 9.17) is 0 Å². The lowest BCUT2D eigenvalue weighted by molar-refractivity contribution is 0.0951. The van der Waals surface area contributed by atoms with Gasteiger partial charge < -0.3 is 5.32 Å². The molecule has 0 bridgehead atoms. The van der Waals surface area contributed by atoms with Crippen LogP contribution < -0.4 is 5.32 Å². The third-order valence-electron chi connectivity index (χ3n) is 3.23. The van der Waals surface area contributed by atoms with E-state index in [0.717, 1.165) is 16.8 Å². The van der Waals surface area contributed by atoms with Crippen molar-refractivity contribution in [2.24, 2.45) is 5.41 Å². The van der Waals surface area contributed by atoms with Gasteiger partial charge in [0.15, 0.2) is 0 Å². The average Bonchev–Trinajstić information content (AvgIpc) is 2.78. The van der Waals surface area contributed by atoms with Gasteiger partial charge >= 0.3 is 0 Å².